The second-order valence-electron chi connectivity index (χ2n) is 9.51. The lowest BCUT2D eigenvalue weighted by Crippen LogP contribution is -2.30. The fraction of sp³-hybridized carbons (Fsp3) is 0.375. The third-order valence-corrected chi connectivity index (χ3v) is 7.04. The molecule has 0 unspecified atom stereocenters. The number of thiophene rings is 1. The van der Waals surface area contributed by atoms with Crippen LogP contribution in [0.2, 0.25) is 0 Å². The van der Waals surface area contributed by atoms with E-state index in [4.69, 9.17) is 0 Å². The number of hydrogen-bond donors (Lipinski definition) is 2. The summed E-state index contributed by atoms with van der Waals surface area (Å²) < 4.78 is 1.74. The van der Waals surface area contributed by atoms with Crippen molar-refractivity contribution in [3.05, 3.63) is 63.2 Å². The van der Waals surface area contributed by atoms with E-state index in [0.29, 0.717) is 0 Å². The molecule has 0 saturated carbocycles. The lowest BCUT2D eigenvalue weighted by molar-refractivity contribution is 0.102. The molecule has 32 heavy (non-hydrogen) atoms. The van der Waals surface area contributed by atoms with Gasteiger partial charge in [-0.1, -0.05) is 20.8 Å². The van der Waals surface area contributed by atoms with Gasteiger partial charge < -0.3 is 10.3 Å². The zero-order valence-electron chi connectivity index (χ0n) is 18.9. The SMILES string of the molecule is Cn1nc(C(C)(C)C)cc1NC(=O)c1csc2c1CCN(Cc1cnc3[nH]ccc3c1)C2. The Labute approximate surface area is 191 Å². The minimum atomic E-state index is -0.0626. The summed E-state index contributed by atoms with van der Waals surface area (Å²) in [5.74, 6) is 0.673. The van der Waals surface area contributed by atoms with Crippen LogP contribution in [-0.2, 0) is 32.0 Å². The van der Waals surface area contributed by atoms with Crippen molar-refractivity contribution in [3.8, 4) is 0 Å². The van der Waals surface area contributed by atoms with Crippen molar-refractivity contribution in [3.63, 3.8) is 0 Å². The summed E-state index contributed by atoms with van der Waals surface area (Å²) in [5, 5.41) is 10.8. The number of nitrogens with zero attached hydrogens (tertiary/aromatic N) is 4. The van der Waals surface area contributed by atoms with Gasteiger partial charge in [0.2, 0.25) is 0 Å². The number of carbonyl (C=O) groups is 1. The molecule has 1 amide bonds. The van der Waals surface area contributed by atoms with Crippen molar-refractivity contribution in [2.75, 3.05) is 11.9 Å². The van der Waals surface area contributed by atoms with Gasteiger partial charge in [-0.25, -0.2) is 4.98 Å². The maximum absolute atomic E-state index is 13.1. The molecule has 0 saturated heterocycles. The molecule has 7 nitrogen and oxygen atoms in total. The van der Waals surface area contributed by atoms with Gasteiger partial charge in [0.15, 0.2) is 0 Å². The van der Waals surface area contributed by atoms with Gasteiger partial charge in [0.05, 0.1) is 11.3 Å². The molecule has 5 rings (SSSR count). The molecule has 0 aromatic carbocycles. The van der Waals surface area contributed by atoms with E-state index in [9.17, 15) is 4.79 Å². The molecular formula is C24H28N6OS. The normalized spacial score (nSPS) is 14.6. The number of carbonyl (C=O) groups excluding carboxylic acids is 1. The first-order valence-electron chi connectivity index (χ1n) is 10.9. The minimum Gasteiger partial charge on any atom is -0.346 e. The minimum absolute atomic E-state index is 0.0541. The van der Waals surface area contributed by atoms with Crippen LogP contribution in [0.3, 0.4) is 0 Å². The second kappa shape index (κ2) is 7.86. The highest BCUT2D eigenvalue weighted by molar-refractivity contribution is 7.10. The number of pyridine rings is 1. The van der Waals surface area contributed by atoms with Gasteiger partial charge in [-0.2, -0.15) is 5.10 Å². The van der Waals surface area contributed by atoms with E-state index in [0.717, 1.165) is 54.2 Å². The summed E-state index contributed by atoms with van der Waals surface area (Å²) in [7, 11) is 1.87. The summed E-state index contributed by atoms with van der Waals surface area (Å²) in [6, 6.07) is 6.21. The number of rotatable bonds is 4. The summed E-state index contributed by atoms with van der Waals surface area (Å²) in [5.41, 5.74) is 5.00. The summed E-state index contributed by atoms with van der Waals surface area (Å²) in [6.07, 6.45) is 4.74. The summed E-state index contributed by atoms with van der Waals surface area (Å²) >= 11 is 1.68. The lowest BCUT2D eigenvalue weighted by atomic mass is 9.92. The van der Waals surface area contributed by atoms with Crippen molar-refractivity contribution < 1.29 is 4.79 Å². The van der Waals surface area contributed by atoms with Crippen molar-refractivity contribution in [1.29, 1.82) is 0 Å². The Balaban J connectivity index is 1.28. The third-order valence-electron chi connectivity index (χ3n) is 6.02. The topological polar surface area (TPSA) is 78.8 Å². The molecule has 0 fully saturated rings. The molecule has 0 radical (unpaired) electrons. The second-order valence-corrected chi connectivity index (χ2v) is 10.5. The number of anilines is 1. The van der Waals surface area contributed by atoms with E-state index in [-0.39, 0.29) is 11.3 Å². The first-order chi connectivity index (χ1) is 15.3. The van der Waals surface area contributed by atoms with Gasteiger partial charge in [0, 0.05) is 66.2 Å². The number of aromatic amines is 1. The van der Waals surface area contributed by atoms with E-state index in [1.165, 1.54) is 16.0 Å². The monoisotopic (exact) mass is 448 g/mol. The highest BCUT2D eigenvalue weighted by Gasteiger charge is 2.25. The number of fused-ring (bicyclic) bond motifs is 2. The molecule has 5 heterocycles. The molecule has 1 aliphatic rings. The van der Waals surface area contributed by atoms with Crippen molar-refractivity contribution in [2.24, 2.45) is 7.05 Å². The molecular weight excluding hydrogens is 420 g/mol. The van der Waals surface area contributed by atoms with Crippen LogP contribution in [0.5, 0.6) is 0 Å². The Kier molecular flexibility index (Phi) is 5.14. The van der Waals surface area contributed by atoms with Crippen LogP contribution in [0.15, 0.2) is 36.0 Å². The third kappa shape index (κ3) is 3.96. The van der Waals surface area contributed by atoms with Gasteiger partial charge in [0.1, 0.15) is 11.5 Å². The average molecular weight is 449 g/mol. The Hall–Kier alpha value is -2.97. The predicted molar refractivity (Wildman–Crippen MR) is 128 cm³/mol. The van der Waals surface area contributed by atoms with Gasteiger partial charge >= 0.3 is 0 Å². The number of hydrogen-bond acceptors (Lipinski definition) is 5. The standard InChI is InChI=1S/C24H28N6OS/c1-24(2,3)20-10-21(29(4)28-20)27-23(31)18-14-32-19-13-30(8-6-17(18)19)12-15-9-16-5-7-25-22(16)26-11-15/h5,7,9-11,14H,6,8,12-13H2,1-4H3,(H,25,26)(H,27,31). The first kappa shape index (κ1) is 20.9. The Morgan fingerprint density at radius 1 is 1.31 bits per heavy atom. The average Bonchev–Trinajstić information content (AvgIpc) is 3.45. The molecule has 2 N–H and O–H groups in total. The number of H-pyrrole nitrogens is 1. The van der Waals surface area contributed by atoms with Crippen molar-refractivity contribution >= 4 is 34.1 Å². The maximum Gasteiger partial charge on any atom is 0.257 e. The van der Waals surface area contributed by atoms with E-state index >= 15 is 0 Å². The van der Waals surface area contributed by atoms with Gasteiger partial charge in [-0.05, 0) is 29.7 Å². The van der Waals surface area contributed by atoms with E-state index in [2.05, 4.69) is 58.2 Å². The van der Waals surface area contributed by atoms with Crippen LogP contribution in [0.25, 0.3) is 11.0 Å². The molecule has 1 aliphatic heterocycles. The van der Waals surface area contributed by atoms with Crippen LogP contribution in [0.1, 0.15) is 52.8 Å². The molecule has 0 atom stereocenters. The molecule has 4 aromatic rings. The van der Waals surface area contributed by atoms with Crippen LogP contribution in [-0.4, -0.2) is 37.1 Å². The zero-order valence-corrected chi connectivity index (χ0v) is 19.7. The maximum atomic E-state index is 13.1. The lowest BCUT2D eigenvalue weighted by Gasteiger charge is -2.27. The number of aromatic nitrogens is 4. The Bertz CT molecular complexity index is 1290. The van der Waals surface area contributed by atoms with Crippen molar-refractivity contribution in [1.82, 2.24) is 24.6 Å². The molecule has 0 bridgehead atoms. The molecule has 8 heteroatoms. The molecule has 0 spiro atoms. The molecule has 4 aromatic heterocycles. The van der Waals surface area contributed by atoms with Crippen LogP contribution in [0, 0.1) is 0 Å². The Morgan fingerprint density at radius 3 is 2.94 bits per heavy atom. The predicted octanol–water partition coefficient (Wildman–Crippen LogP) is 4.47. The van der Waals surface area contributed by atoms with E-state index < -0.39 is 0 Å². The first-order valence-corrected chi connectivity index (χ1v) is 11.8. The number of nitrogens with one attached hydrogen (secondary N) is 2. The van der Waals surface area contributed by atoms with Gasteiger partial charge in [-0.15, -0.1) is 11.3 Å². The smallest absolute Gasteiger partial charge is 0.257 e. The van der Waals surface area contributed by atoms with E-state index in [1.54, 1.807) is 16.0 Å². The molecule has 166 valence electrons. The highest BCUT2D eigenvalue weighted by atomic mass is 32.1. The quantitative estimate of drug-likeness (QED) is 0.483. The van der Waals surface area contributed by atoms with Gasteiger partial charge in [-0.3, -0.25) is 14.4 Å². The summed E-state index contributed by atoms with van der Waals surface area (Å²) in [4.78, 5) is 24.4. The highest BCUT2D eigenvalue weighted by Crippen LogP contribution is 2.31. The molecule has 0 aliphatic carbocycles. The fourth-order valence-electron chi connectivity index (χ4n) is 4.17. The number of amides is 1. The zero-order chi connectivity index (χ0) is 22.5. The van der Waals surface area contributed by atoms with Crippen LogP contribution >= 0.6 is 11.3 Å². The van der Waals surface area contributed by atoms with Crippen molar-refractivity contribution in [2.45, 2.75) is 45.7 Å². The fourth-order valence-corrected chi connectivity index (χ4v) is 5.29. The van der Waals surface area contributed by atoms with Crippen LogP contribution < -0.4 is 5.32 Å². The number of aryl methyl sites for hydroxylation is 1. The Morgan fingerprint density at radius 2 is 2.16 bits per heavy atom. The van der Waals surface area contributed by atoms with Crippen LogP contribution in [0.4, 0.5) is 5.82 Å². The van der Waals surface area contributed by atoms with Gasteiger partial charge in [0.25, 0.3) is 5.91 Å². The largest absolute Gasteiger partial charge is 0.346 e. The van der Waals surface area contributed by atoms with E-state index in [1.807, 2.05) is 30.9 Å². The summed E-state index contributed by atoms with van der Waals surface area (Å²) in [6.45, 7) is 9.00.